The van der Waals surface area contributed by atoms with Crippen LogP contribution in [0.25, 0.3) is 17.0 Å². The Morgan fingerprint density at radius 2 is 1.89 bits per heavy atom. The first-order valence-electron chi connectivity index (χ1n) is 18.6. The van der Waals surface area contributed by atoms with E-state index in [9.17, 15) is 24.9 Å². The number of likely N-dealkylation sites (N-methyl/N-ethyl adjacent to an activating group) is 1. The van der Waals surface area contributed by atoms with E-state index >= 15 is 0 Å². The number of carbonyl (C=O) groups is 2. The Balaban J connectivity index is 1.26. The number of H-pyrrole nitrogens is 1. The quantitative estimate of drug-likeness (QED) is 0.149. The third-order valence-electron chi connectivity index (χ3n) is 12.5. The molecule has 0 amide bonds. The number of nitrogens with zero attached hydrogens (tertiary/aromatic N) is 2. The number of thioether (sulfide) groups is 1. The molecule has 2 fully saturated rings. The Morgan fingerprint density at radius 3 is 2.66 bits per heavy atom. The van der Waals surface area contributed by atoms with Gasteiger partial charge in [-0.3, -0.25) is 14.6 Å². The number of rotatable bonds is 3. The maximum atomic E-state index is 15.0. The van der Waals surface area contributed by atoms with Crippen LogP contribution in [-0.2, 0) is 26.3 Å². The number of benzene rings is 3. The second-order valence-electron chi connectivity index (χ2n) is 15.7. The first-order valence-corrected chi connectivity index (χ1v) is 19.7. The molecule has 3 aromatic carbocycles. The molecule has 14 nitrogen and oxygen atoms in total. The molecule has 12 rings (SSSR count). The normalized spacial score (nSPS) is 29.7. The summed E-state index contributed by atoms with van der Waals surface area (Å²) in [6.07, 6.45) is 2.01. The zero-order valence-electron chi connectivity index (χ0n) is 31.5. The lowest BCUT2D eigenvalue weighted by atomic mass is 9.78. The highest BCUT2D eigenvalue weighted by molar-refractivity contribution is 7.99. The summed E-state index contributed by atoms with van der Waals surface area (Å²) in [7, 11) is 3.46. The number of fused-ring (bicyclic) bond motifs is 8. The number of piperazine rings is 1. The van der Waals surface area contributed by atoms with E-state index < -0.39 is 46.6 Å². The molecule has 0 radical (unpaired) electrons. The van der Waals surface area contributed by atoms with Crippen LogP contribution in [0.3, 0.4) is 0 Å². The number of esters is 2. The molecule has 0 saturated carbocycles. The number of methoxy groups -OCH3 is 1. The molecular weight excluding hydrogens is 741 g/mol. The standard InChI is InChI=1S/C41H42N4O10S/c1-18-10-21-12-40(50)15-44(4)30(27(21)32(48)33(18)51-5)31-37-29-28(36-35(53-17-54-36)19(2)34(29)55-20(3)47)26(45(31)40)14-52-39(49)41(16-56-37)38-24(11-22(13-46)43-41)23-8-6-7-9-25(23)42-38/h6-11,26,30-31,37,42-43,46,48,50H,12-17H2,1-5H3/t26?,30-,31+,37+,40?,41+/m0/s1. The lowest BCUT2D eigenvalue weighted by Crippen LogP contribution is -2.70. The molecule has 9 heterocycles. The number of hydrogen-bond acceptors (Lipinski definition) is 14. The zero-order chi connectivity index (χ0) is 39.0. The fourth-order valence-corrected chi connectivity index (χ4v) is 12.1. The molecule has 5 N–H and O–H groups in total. The Bertz CT molecular complexity index is 2430. The van der Waals surface area contributed by atoms with Crippen molar-refractivity contribution in [3.63, 3.8) is 0 Å². The maximum absolute atomic E-state index is 15.0. The highest BCUT2D eigenvalue weighted by Gasteiger charge is 2.64. The number of aromatic hydroxyl groups is 1. The minimum absolute atomic E-state index is 0.00278. The number of para-hydroxylation sites is 1. The largest absolute Gasteiger partial charge is 0.504 e. The monoisotopic (exact) mass is 782 g/mol. The minimum atomic E-state index is -1.53. The summed E-state index contributed by atoms with van der Waals surface area (Å²) in [4.78, 5) is 35.6. The Hall–Kier alpha value is -4.93. The number of aliphatic hydroxyl groups excluding tert-OH is 1. The highest BCUT2D eigenvalue weighted by atomic mass is 32.2. The van der Waals surface area contributed by atoms with Gasteiger partial charge in [0.2, 0.25) is 6.79 Å². The van der Waals surface area contributed by atoms with Gasteiger partial charge in [-0.15, -0.1) is 11.8 Å². The van der Waals surface area contributed by atoms with Crippen LogP contribution in [0.5, 0.6) is 28.7 Å². The molecule has 8 aliphatic heterocycles. The predicted octanol–water partition coefficient (Wildman–Crippen LogP) is 3.97. The molecule has 56 heavy (non-hydrogen) atoms. The molecule has 3 unspecified atom stereocenters. The van der Waals surface area contributed by atoms with E-state index in [1.165, 1.54) is 25.8 Å². The molecule has 1 spiro atoms. The number of phenolic OH excluding ortho intramolecular Hbond substituents is 1. The SMILES string of the molecule is COc1c(C)cc2c(c1O)[C@H]1[C@@H]3[C@@H]4SC[C@]5(NC(CO)=Cc6c5[nH]c5ccccc65)C(=O)OCC(c5c6c(c(C)c(OC(C)=O)c54)OCO6)N3C(O)(C2)CN1C. The molecule has 2 saturated heterocycles. The smallest absolute Gasteiger partial charge is 0.339 e. The minimum Gasteiger partial charge on any atom is -0.504 e. The third kappa shape index (κ3) is 4.66. The fraction of sp³-hybridized carbons (Fsp3) is 0.415. The molecular formula is C41H42N4O10S. The summed E-state index contributed by atoms with van der Waals surface area (Å²) in [5, 5.41) is 39.5. The van der Waals surface area contributed by atoms with Crippen LogP contribution < -0.4 is 24.3 Å². The highest BCUT2D eigenvalue weighted by Crippen LogP contribution is 2.65. The number of carbonyl (C=O) groups excluding carboxylic acids is 2. The zero-order valence-corrected chi connectivity index (χ0v) is 32.3. The van der Waals surface area contributed by atoms with Gasteiger partial charge in [0, 0.05) is 76.1 Å². The number of hydrogen-bond donors (Lipinski definition) is 5. The van der Waals surface area contributed by atoms with Crippen molar-refractivity contribution in [3.05, 3.63) is 80.7 Å². The van der Waals surface area contributed by atoms with Gasteiger partial charge in [0.25, 0.3) is 0 Å². The van der Waals surface area contributed by atoms with Crippen LogP contribution in [0.15, 0.2) is 36.0 Å². The van der Waals surface area contributed by atoms with Crippen molar-refractivity contribution in [2.75, 3.05) is 46.5 Å². The number of aromatic nitrogens is 1. The van der Waals surface area contributed by atoms with E-state index in [4.69, 9.17) is 23.7 Å². The fourth-order valence-electron chi connectivity index (χ4n) is 10.5. The molecule has 4 bridgehead atoms. The van der Waals surface area contributed by atoms with E-state index in [0.717, 1.165) is 27.6 Å². The van der Waals surface area contributed by atoms with Crippen molar-refractivity contribution >= 4 is 40.7 Å². The lowest BCUT2D eigenvalue weighted by Gasteiger charge is -2.60. The average Bonchev–Trinajstić information content (AvgIpc) is 3.76. The van der Waals surface area contributed by atoms with Gasteiger partial charge in [0.15, 0.2) is 28.5 Å². The first kappa shape index (κ1) is 35.5. The average molecular weight is 783 g/mol. The van der Waals surface area contributed by atoms with Crippen molar-refractivity contribution in [1.29, 1.82) is 0 Å². The van der Waals surface area contributed by atoms with Gasteiger partial charge in [-0.05, 0) is 44.2 Å². The van der Waals surface area contributed by atoms with Crippen LogP contribution in [0, 0.1) is 13.8 Å². The lowest BCUT2D eigenvalue weighted by molar-refractivity contribution is -0.215. The Labute approximate surface area is 326 Å². The van der Waals surface area contributed by atoms with Gasteiger partial charge >= 0.3 is 11.9 Å². The van der Waals surface area contributed by atoms with E-state index in [0.29, 0.717) is 56.6 Å². The van der Waals surface area contributed by atoms with Crippen molar-refractivity contribution in [2.45, 2.75) is 61.8 Å². The molecule has 8 aliphatic rings. The summed E-state index contributed by atoms with van der Waals surface area (Å²) in [5.41, 5.74) is 3.64. The molecule has 15 heteroatoms. The van der Waals surface area contributed by atoms with Gasteiger partial charge < -0.3 is 49.3 Å². The van der Waals surface area contributed by atoms with Crippen molar-refractivity contribution < 1.29 is 48.6 Å². The summed E-state index contributed by atoms with van der Waals surface area (Å²) in [6, 6.07) is 7.79. The van der Waals surface area contributed by atoms with E-state index in [2.05, 4.69) is 15.2 Å². The van der Waals surface area contributed by atoms with Crippen LogP contribution in [-0.4, -0.2) is 100 Å². The number of aryl methyl sites for hydroxylation is 1. The number of phenols is 1. The van der Waals surface area contributed by atoms with Gasteiger partial charge in [-0.1, -0.05) is 24.3 Å². The Morgan fingerprint density at radius 1 is 1.11 bits per heavy atom. The van der Waals surface area contributed by atoms with Gasteiger partial charge in [-0.25, -0.2) is 4.79 Å². The second kappa shape index (κ2) is 12.3. The molecule has 4 aromatic rings. The maximum Gasteiger partial charge on any atom is 0.339 e. The molecule has 1 aromatic heterocycles. The molecule has 7 atom stereocenters. The van der Waals surface area contributed by atoms with Crippen LogP contribution in [0.1, 0.15) is 68.9 Å². The van der Waals surface area contributed by atoms with Crippen molar-refractivity contribution in [2.24, 2.45) is 0 Å². The van der Waals surface area contributed by atoms with Gasteiger partial charge in [0.05, 0.1) is 36.7 Å². The second-order valence-corrected chi connectivity index (χ2v) is 16.8. The van der Waals surface area contributed by atoms with E-state index in [1.54, 1.807) is 0 Å². The van der Waals surface area contributed by atoms with Crippen molar-refractivity contribution in [1.82, 2.24) is 20.1 Å². The predicted molar refractivity (Wildman–Crippen MR) is 205 cm³/mol. The van der Waals surface area contributed by atoms with Crippen LogP contribution >= 0.6 is 11.8 Å². The summed E-state index contributed by atoms with van der Waals surface area (Å²) in [5.74, 6) is 0.543. The summed E-state index contributed by atoms with van der Waals surface area (Å²) < 4.78 is 30.6. The summed E-state index contributed by atoms with van der Waals surface area (Å²) in [6.45, 7) is 4.61. The summed E-state index contributed by atoms with van der Waals surface area (Å²) >= 11 is 1.45. The number of aromatic amines is 1. The molecule has 0 aliphatic carbocycles. The van der Waals surface area contributed by atoms with Gasteiger partial charge in [-0.2, -0.15) is 0 Å². The van der Waals surface area contributed by atoms with Crippen LogP contribution in [0.4, 0.5) is 0 Å². The van der Waals surface area contributed by atoms with E-state index in [-0.39, 0.29) is 44.5 Å². The number of nitrogens with one attached hydrogen (secondary N) is 2. The Kier molecular flexibility index (Phi) is 7.78. The topological polar surface area (TPSA) is 175 Å². The molecule has 292 valence electrons. The third-order valence-corrected chi connectivity index (χ3v) is 13.9. The number of ether oxygens (including phenoxy) is 5. The van der Waals surface area contributed by atoms with Gasteiger partial charge in [0.1, 0.15) is 18.1 Å². The first-order chi connectivity index (χ1) is 26.9. The van der Waals surface area contributed by atoms with E-state index in [1.807, 2.05) is 62.2 Å². The van der Waals surface area contributed by atoms with Crippen molar-refractivity contribution in [3.8, 4) is 28.7 Å². The number of aliphatic hydroxyl groups is 2. The van der Waals surface area contributed by atoms with Crippen LogP contribution in [0.2, 0.25) is 0 Å².